The zero-order chi connectivity index (χ0) is 15.1. The highest BCUT2D eigenvalue weighted by Crippen LogP contribution is 2.29. The number of nitrogens with one attached hydrogen (secondary N) is 1. The first-order valence-electron chi connectivity index (χ1n) is 6.53. The number of rotatable bonds is 6. The van der Waals surface area contributed by atoms with Crippen LogP contribution in [0.2, 0.25) is 0 Å². The van der Waals surface area contributed by atoms with Gasteiger partial charge in [0.2, 0.25) is 0 Å². The molecule has 21 heavy (non-hydrogen) atoms. The van der Waals surface area contributed by atoms with Gasteiger partial charge >= 0.3 is 0 Å². The number of aliphatic hydroxyl groups is 2. The van der Waals surface area contributed by atoms with Crippen LogP contribution in [0.3, 0.4) is 0 Å². The second kappa shape index (κ2) is 7.29. The number of benzene rings is 2. The molecule has 0 spiro atoms. The molecule has 3 N–H and O–H groups in total. The second-order valence-electron chi connectivity index (χ2n) is 4.46. The third-order valence-corrected chi connectivity index (χ3v) is 2.82. The number of hydrogen-bond donors (Lipinski definition) is 3. The third kappa shape index (κ3) is 4.21. The molecule has 0 bridgehead atoms. The van der Waals surface area contributed by atoms with Crippen LogP contribution in [0.15, 0.2) is 48.5 Å². The van der Waals surface area contributed by atoms with Crippen molar-refractivity contribution < 1.29 is 14.9 Å². The van der Waals surface area contributed by atoms with Crippen molar-refractivity contribution >= 4 is 5.69 Å². The van der Waals surface area contributed by atoms with Gasteiger partial charge in [-0.25, -0.2) is 0 Å². The highest BCUT2D eigenvalue weighted by Gasteiger charge is 2.07. The van der Waals surface area contributed by atoms with E-state index < -0.39 is 6.10 Å². The predicted octanol–water partition coefficient (Wildman–Crippen LogP) is 2.12. The monoisotopic (exact) mass is 284 g/mol. The van der Waals surface area contributed by atoms with Crippen molar-refractivity contribution in [3.8, 4) is 17.6 Å². The molecule has 0 heterocycles. The van der Waals surface area contributed by atoms with Crippen LogP contribution in [0.25, 0.3) is 0 Å². The van der Waals surface area contributed by atoms with Gasteiger partial charge in [0.25, 0.3) is 0 Å². The Morgan fingerprint density at radius 3 is 2.76 bits per heavy atom. The Balaban J connectivity index is 2.14. The molecule has 1 atom stereocenters. The van der Waals surface area contributed by atoms with E-state index in [1.807, 2.05) is 18.2 Å². The van der Waals surface area contributed by atoms with E-state index in [1.54, 1.807) is 30.3 Å². The molecule has 5 nitrogen and oxygen atoms in total. The third-order valence-electron chi connectivity index (χ3n) is 2.82. The Labute approximate surface area is 123 Å². The van der Waals surface area contributed by atoms with Crippen molar-refractivity contribution in [2.24, 2.45) is 0 Å². The highest BCUT2D eigenvalue weighted by molar-refractivity contribution is 5.57. The van der Waals surface area contributed by atoms with Gasteiger partial charge in [0, 0.05) is 6.54 Å². The van der Waals surface area contributed by atoms with E-state index in [4.69, 9.17) is 15.1 Å². The lowest BCUT2D eigenvalue weighted by Gasteiger charge is -2.14. The maximum atomic E-state index is 9.38. The lowest BCUT2D eigenvalue weighted by atomic mass is 10.2. The normalized spacial score (nSPS) is 11.5. The number of nitriles is 1. The van der Waals surface area contributed by atoms with Gasteiger partial charge in [0.1, 0.15) is 5.75 Å². The Hall–Kier alpha value is -2.55. The summed E-state index contributed by atoms with van der Waals surface area (Å²) in [6.45, 7) is -0.0879. The SMILES string of the molecule is N#Cc1cccc(Oc2ccccc2NCC(O)CO)c1. The fourth-order valence-corrected chi connectivity index (χ4v) is 1.75. The van der Waals surface area contributed by atoms with Crippen molar-refractivity contribution in [2.75, 3.05) is 18.5 Å². The van der Waals surface area contributed by atoms with Crippen molar-refractivity contribution in [3.63, 3.8) is 0 Å². The minimum atomic E-state index is -0.833. The van der Waals surface area contributed by atoms with E-state index in [-0.39, 0.29) is 13.2 Å². The summed E-state index contributed by atoms with van der Waals surface area (Å²) in [5, 5.41) is 30.1. The molecule has 0 aliphatic heterocycles. The Morgan fingerprint density at radius 2 is 2.00 bits per heavy atom. The number of para-hydroxylation sites is 2. The fraction of sp³-hybridized carbons (Fsp3) is 0.188. The van der Waals surface area contributed by atoms with Crippen molar-refractivity contribution in [2.45, 2.75) is 6.10 Å². The average molecular weight is 284 g/mol. The summed E-state index contributed by atoms with van der Waals surface area (Å²) in [6.07, 6.45) is -0.833. The molecular weight excluding hydrogens is 268 g/mol. The number of nitrogens with zero attached hydrogens (tertiary/aromatic N) is 1. The molecule has 0 aliphatic rings. The van der Waals surface area contributed by atoms with Crippen LogP contribution in [0.5, 0.6) is 11.5 Å². The lowest BCUT2D eigenvalue weighted by molar-refractivity contribution is 0.105. The number of anilines is 1. The first-order chi connectivity index (χ1) is 10.2. The Bertz CT molecular complexity index is 637. The van der Waals surface area contributed by atoms with E-state index in [9.17, 15) is 5.11 Å². The van der Waals surface area contributed by atoms with Gasteiger partial charge in [0.05, 0.1) is 30.0 Å². The zero-order valence-corrected chi connectivity index (χ0v) is 11.4. The average Bonchev–Trinajstić information content (AvgIpc) is 2.54. The zero-order valence-electron chi connectivity index (χ0n) is 11.4. The summed E-state index contributed by atoms with van der Waals surface area (Å²) in [5.74, 6) is 1.14. The van der Waals surface area contributed by atoms with E-state index in [1.165, 1.54) is 0 Å². The van der Waals surface area contributed by atoms with Gasteiger partial charge in [-0.05, 0) is 30.3 Å². The fourth-order valence-electron chi connectivity index (χ4n) is 1.75. The Morgan fingerprint density at radius 1 is 1.19 bits per heavy atom. The molecule has 2 rings (SSSR count). The molecule has 2 aromatic carbocycles. The molecule has 5 heteroatoms. The number of hydrogen-bond acceptors (Lipinski definition) is 5. The van der Waals surface area contributed by atoms with E-state index in [2.05, 4.69) is 11.4 Å². The standard InChI is InChI=1S/C16H16N2O3/c17-9-12-4-3-5-14(8-12)21-16-7-2-1-6-15(16)18-10-13(20)11-19/h1-8,13,18-20H,10-11H2. The maximum Gasteiger partial charge on any atom is 0.150 e. The largest absolute Gasteiger partial charge is 0.455 e. The molecule has 0 fully saturated rings. The minimum absolute atomic E-state index is 0.217. The number of aliphatic hydroxyl groups excluding tert-OH is 2. The van der Waals surface area contributed by atoms with E-state index in [0.29, 0.717) is 22.7 Å². The first kappa shape index (κ1) is 14.9. The van der Waals surface area contributed by atoms with Gasteiger partial charge in [-0.15, -0.1) is 0 Å². The summed E-state index contributed by atoms with van der Waals surface area (Å²) < 4.78 is 5.76. The van der Waals surface area contributed by atoms with Crippen LogP contribution < -0.4 is 10.1 Å². The molecule has 1 unspecified atom stereocenters. The molecule has 0 aromatic heterocycles. The summed E-state index contributed by atoms with van der Waals surface area (Å²) in [7, 11) is 0. The molecule has 108 valence electrons. The lowest BCUT2D eigenvalue weighted by Crippen LogP contribution is -2.23. The quantitative estimate of drug-likeness (QED) is 0.756. The smallest absolute Gasteiger partial charge is 0.150 e. The molecular formula is C16H16N2O3. The molecule has 0 aliphatic carbocycles. The van der Waals surface area contributed by atoms with Crippen LogP contribution in [0, 0.1) is 11.3 Å². The van der Waals surface area contributed by atoms with Crippen LogP contribution in [0.1, 0.15) is 5.56 Å². The summed E-state index contributed by atoms with van der Waals surface area (Å²) in [4.78, 5) is 0. The van der Waals surface area contributed by atoms with Crippen molar-refractivity contribution in [1.82, 2.24) is 0 Å². The number of ether oxygens (including phenoxy) is 1. The van der Waals surface area contributed by atoms with Gasteiger partial charge in [-0.2, -0.15) is 5.26 Å². The van der Waals surface area contributed by atoms with Crippen molar-refractivity contribution in [3.05, 3.63) is 54.1 Å². The van der Waals surface area contributed by atoms with E-state index >= 15 is 0 Å². The topological polar surface area (TPSA) is 85.5 Å². The van der Waals surface area contributed by atoms with Gasteiger partial charge in [0.15, 0.2) is 5.75 Å². The van der Waals surface area contributed by atoms with E-state index in [0.717, 1.165) is 0 Å². The van der Waals surface area contributed by atoms with Crippen LogP contribution in [-0.4, -0.2) is 29.5 Å². The summed E-state index contributed by atoms with van der Waals surface area (Å²) in [5.41, 5.74) is 1.22. The molecule has 2 aromatic rings. The molecule has 0 radical (unpaired) electrons. The molecule has 0 saturated heterocycles. The maximum absolute atomic E-state index is 9.38. The van der Waals surface area contributed by atoms with Gasteiger partial charge < -0.3 is 20.3 Å². The molecule has 0 amide bonds. The molecule has 0 saturated carbocycles. The van der Waals surface area contributed by atoms with Crippen molar-refractivity contribution in [1.29, 1.82) is 5.26 Å². The van der Waals surface area contributed by atoms with Gasteiger partial charge in [-0.1, -0.05) is 18.2 Å². The summed E-state index contributed by atoms with van der Waals surface area (Å²) in [6, 6.07) is 16.2. The van der Waals surface area contributed by atoms with Crippen LogP contribution in [0.4, 0.5) is 5.69 Å². The van der Waals surface area contributed by atoms with Crippen LogP contribution in [-0.2, 0) is 0 Å². The minimum Gasteiger partial charge on any atom is -0.455 e. The van der Waals surface area contributed by atoms with Gasteiger partial charge in [-0.3, -0.25) is 0 Å². The first-order valence-corrected chi connectivity index (χ1v) is 6.53. The summed E-state index contributed by atoms with van der Waals surface area (Å²) >= 11 is 0. The Kier molecular flexibility index (Phi) is 5.16. The predicted molar refractivity (Wildman–Crippen MR) is 79.3 cm³/mol. The van der Waals surface area contributed by atoms with Crippen LogP contribution >= 0.6 is 0 Å². The second-order valence-corrected chi connectivity index (χ2v) is 4.46. The highest BCUT2D eigenvalue weighted by atomic mass is 16.5.